The van der Waals surface area contributed by atoms with E-state index in [2.05, 4.69) is 0 Å². The average Bonchev–Trinajstić information content (AvgIpc) is 2.40. The molecule has 72 valence electrons. The lowest BCUT2D eigenvalue weighted by Gasteiger charge is -2.22. The van der Waals surface area contributed by atoms with E-state index in [1.54, 1.807) is 14.2 Å². The molecule has 4 nitrogen and oxygen atoms in total. The number of ether oxygens (including phenoxy) is 2. The highest BCUT2D eigenvalue weighted by atomic mass is 16.5. The van der Waals surface area contributed by atoms with Crippen LogP contribution in [0.15, 0.2) is 0 Å². The van der Waals surface area contributed by atoms with Gasteiger partial charge in [-0.2, -0.15) is 0 Å². The van der Waals surface area contributed by atoms with E-state index < -0.39 is 0 Å². The van der Waals surface area contributed by atoms with Crippen molar-refractivity contribution in [3.05, 3.63) is 0 Å². The van der Waals surface area contributed by atoms with Crippen molar-refractivity contribution in [3.63, 3.8) is 0 Å². The van der Waals surface area contributed by atoms with Gasteiger partial charge in [0.05, 0.1) is 12.2 Å². The Morgan fingerprint density at radius 3 is 2.33 bits per heavy atom. The van der Waals surface area contributed by atoms with Gasteiger partial charge < -0.3 is 20.3 Å². The highest BCUT2D eigenvalue weighted by Gasteiger charge is 2.41. The van der Waals surface area contributed by atoms with Crippen molar-refractivity contribution < 1.29 is 14.6 Å². The quantitative estimate of drug-likeness (QED) is 0.598. The van der Waals surface area contributed by atoms with Crippen molar-refractivity contribution in [3.8, 4) is 0 Å². The predicted octanol–water partition coefficient (Wildman–Crippen LogP) is -0.644. The average molecular weight is 175 g/mol. The molecular weight excluding hydrogens is 158 g/mol. The molecule has 0 spiro atoms. The first-order valence-electron chi connectivity index (χ1n) is 4.16. The second-order valence-corrected chi connectivity index (χ2v) is 3.24. The second-order valence-electron chi connectivity index (χ2n) is 3.24. The number of aliphatic hydroxyl groups excluding tert-OH is 1. The van der Waals surface area contributed by atoms with E-state index in [-0.39, 0.29) is 30.8 Å². The van der Waals surface area contributed by atoms with Gasteiger partial charge in [0, 0.05) is 32.8 Å². The minimum Gasteiger partial charge on any atom is -0.396 e. The summed E-state index contributed by atoms with van der Waals surface area (Å²) in [4.78, 5) is 0. The Hall–Kier alpha value is -0.160. The van der Waals surface area contributed by atoms with Crippen LogP contribution >= 0.6 is 0 Å². The van der Waals surface area contributed by atoms with E-state index in [9.17, 15) is 0 Å². The van der Waals surface area contributed by atoms with Crippen LogP contribution in [0.5, 0.6) is 0 Å². The summed E-state index contributed by atoms with van der Waals surface area (Å²) in [6.45, 7) is 0.117. The number of aliphatic hydroxyl groups is 1. The van der Waals surface area contributed by atoms with Crippen LogP contribution < -0.4 is 5.73 Å². The first kappa shape index (κ1) is 9.92. The van der Waals surface area contributed by atoms with Gasteiger partial charge >= 0.3 is 0 Å². The third kappa shape index (κ3) is 1.61. The molecule has 1 aliphatic carbocycles. The van der Waals surface area contributed by atoms with Crippen molar-refractivity contribution in [1.82, 2.24) is 0 Å². The fourth-order valence-electron chi connectivity index (χ4n) is 1.94. The van der Waals surface area contributed by atoms with Gasteiger partial charge in [-0.25, -0.2) is 0 Å². The molecule has 0 aliphatic heterocycles. The van der Waals surface area contributed by atoms with Crippen molar-refractivity contribution in [2.45, 2.75) is 24.7 Å². The summed E-state index contributed by atoms with van der Waals surface area (Å²) in [6, 6.07) is -0.0166. The summed E-state index contributed by atoms with van der Waals surface area (Å²) in [7, 11) is 3.24. The van der Waals surface area contributed by atoms with Gasteiger partial charge in [-0.1, -0.05) is 0 Å². The van der Waals surface area contributed by atoms with Crippen LogP contribution in [0, 0.1) is 5.92 Å². The number of nitrogens with two attached hydrogens (primary N) is 1. The Morgan fingerprint density at radius 2 is 1.92 bits per heavy atom. The first-order chi connectivity index (χ1) is 5.74. The van der Waals surface area contributed by atoms with E-state index in [0.717, 1.165) is 6.42 Å². The standard InChI is InChI=1S/C8H17NO3/c1-11-7-5(4-10)3-6(9)8(7)12-2/h5-8,10H,3-4,9H2,1-2H3/t5-,6+,7+,8-/m0/s1. The van der Waals surface area contributed by atoms with Crippen molar-refractivity contribution >= 4 is 0 Å². The summed E-state index contributed by atoms with van der Waals surface area (Å²) in [5.41, 5.74) is 5.81. The molecule has 0 radical (unpaired) electrons. The minimum atomic E-state index is -0.0767. The molecule has 0 bridgehead atoms. The molecule has 0 aromatic carbocycles. The maximum atomic E-state index is 9.01. The van der Waals surface area contributed by atoms with E-state index in [0.29, 0.717) is 0 Å². The maximum Gasteiger partial charge on any atom is 0.0986 e. The van der Waals surface area contributed by atoms with Crippen LogP contribution in [0.4, 0.5) is 0 Å². The summed E-state index contributed by atoms with van der Waals surface area (Å²) in [5.74, 6) is 0.120. The highest BCUT2D eigenvalue weighted by molar-refractivity contribution is 4.95. The summed E-state index contributed by atoms with van der Waals surface area (Å²) >= 11 is 0. The molecule has 3 N–H and O–H groups in total. The van der Waals surface area contributed by atoms with Gasteiger partial charge in [0.25, 0.3) is 0 Å². The number of methoxy groups -OCH3 is 2. The molecule has 1 saturated carbocycles. The highest BCUT2D eigenvalue weighted by Crippen LogP contribution is 2.28. The molecule has 4 heteroatoms. The van der Waals surface area contributed by atoms with Crippen LogP contribution in [0.3, 0.4) is 0 Å². The molecular formula is C8H17NO3. The number of hydrogen-bond acceptors (Lipinski definition) is 4. The largest absolute Gasteiger partial charge is 0.396 e. The number of hydrogen-bond donors (Lipinski definition) is 2. The molecule has 0 amide bonds. The van der Waals surface area contributed by atoms with E-state index in [1.807, 2.05) is 0 Å². The third-order valence-corrected chi connectivity index (χ3v) is 2.56. The number of rotatable bonds is 3. The van der Waals surface area contributed by atoms with Gasteiger partial charge in [0.15, 0.2) is 0 Å². The molecule has 0 aromatic rings. The van der Waals surface area contributed by atoms with Gasteiger partial charge in [0.1, 0.15) is 0 Å². The van der Waals surface area contributed by atoms with Gasteiger partial charge in [-0.05, 0) is 6.42 Å². The SMILES string of the molecule is CO[C@@H]1[C@H](CO)C[C@@H](N)[C@@H]1OC. The zero-order valence-corrected chi connectivity index (χ0v) is 7.56. The summed E-state index contributed by atoms with van der Waals surface area (Å²) < 4.78 is 10.4. The third-order valence-electron chi connectivity index (χ3n) is 2.56. The first-order valence-corrected chi connectivity index (χ1v) is 4.16. The molecule has 1 rings (SSSR count). The fourth-order valence-corrected chi connectivity index (χ4v) is 1.94. The summed E-state index contributed by atoms with van der Waals surface area (Å²) in [5, 5.41) is 9.01. The Morgan fingerprint density at radius 1 is 1.33 bits per heavy atom. The van der Waals surface area contributed by atoms with Crippen LogP contribution in [-0.4, -0.2) is 44.2 Å². The van der Waals surface area contributed by atoms with E-state index >= 15 is 0 Å². The molecule has 1 fully saturated rings. The molecule has 4 atom stereocenters. The molecule has 0 aromatic heterocycles. The second kappa shape index (κ2) is 4.18. The van der Waals surface area contributed by atoms with Crippen LogP contribution in [-0.2, 0) is 9.47 Å². The Labute approximate surface area is 72.6 Å². The summed E-state index contributed by atoms with van der Waals surface area (Å²) in [6.07, 6.45) is 0.634. The Balaban J connectivity index is 2.61. The van der Waals surface area contributed by atoms with E-state index in [4.69, 9.17) is 20.3 Å². The zero-order chi connectivity index (χ0) is 9.14. The lowest BCUT2D eigenvalue weighted by Crippen LogP contribution is -2.38. The van der Waals surface area contributed by atoms with Crippen molar-refractivity contribution in [1.29, 1.82) is 0 Å². The Kier molecular flexibility index (Phi) is 3.46. The van der Waals surface area contributed by atoms with Crippen LogP contribution in [0.2, 0.25) is 0 Å². The Bertz CT molecular complexity index is 142. The minimum absolute atomic E-state index is 0.0166. The normalized spacial score (nSPS) is 42.0. The predicted molar refractivity (Wildman–Crippen MR) is 44.8 cm³/mol. The lowest BCUT2D eigenvalue weighted by atomic mass is 10.1. The fraction of sp³-hybridized carbons (Fsp3) is 1.00. The molecule has 0 saturated heterocycles. The molecule has 0 unspecified atom stereocenters. The maximum absolute atomic E-state index is 9.01. The van der Waals surface area contributed by atoms with Crippen LogP contribution in [0.25, 0.3) is 0 Å². The van der Waals surface area contributed by atoms with Crippen molar-refractivity contribution in [2.75, 3.05) is 20.8 Å². The topological polar surface area (TPSA) is 64.7 Å². The molecule has 1 aliphatic rings. The van der Waals surface area contributed by atoms with Gasteiger partial charge in [0.2, 0.25) is 0 Å². The lowest BCUT2D eigenvalue weighted by molar-refractivity contribution is -0.0462. The van der Waals surface area contributed by atoms with Crippen LogP contribution in [0.1, 0.15) is 6.42 Å². The smallest absolute Gasteiger partial charge is 0.0986 e. The monoisotopic (exact) mass is 175 g/mol. The van der Waals surface area contributed by atoms with E-state index in [1.165, 1.54) is 0 Å². The zero-order valence-electron chi connectivity index (χ0n) is 7.56. The van der Waals surface area contributed by atoms with Gasteiger partial charge in [-0.3, -0.25) is 0 Å². The molecule has 12 heavy (non-hydrogen) atoms. The van der Waals surface area contributed by atoms with Crippen molar-refractivity contribution in [2.24, 2.45) is 11.7 Å². The van der Waals surface area contributed by atoms with Gasteiger partial charge in [-0.15, -0.1) is 0 Å². The molecule has 0 heterocycles.